The molecule has 0 amide bonds. The lowest BCUT2D eigenvalue weighted by molar-refractivity contribution is 0.858. The maximum atomic E-state index is 4.54. The van der Waals surface area contributed by atoms with Crippen LogP contribution in [-0.4, -0.2) is 30.3 Å². The van der Waals surface area contributed by atoms with Crippen LogP contribution in [-0.2, 0) is 6.54 Å². The van der Waals surface area contributed by atoms with Crippen LogP contribution < -0.4 is 10.2 Å². The van der Waals surface area contributed by atoms with Crippen LogP contribution in [0.25, 0.3) is 0 Å². The number of thioether (sulfide) groups is 1. The van der Waals surface area contributed by atoms with Crippen molar-refractivity contribution >= 4 is 39.3 Å². The van der Waals surface area contributed by atoms with E-state index in [1.165, 1.54) is 5.56 Å². The minimum atomic E-state index is 0.771. The van der Waals surface area contributed by atoms with E-state index in [4.69, 9.17) is 0 Å². The summed E-state index contributed by atoms with van der Waals surface area (Å²) in [6.45, 7) is 0.799. The molecule has 1 aromatic carbocycles. The Kier molecular flexibility index (Phi) is 5.25. The number of rotatable bonds is 5. The standard InChI is InChI=1S/C14H17BrN4S/c1-16-12-8-13(18-14(17-12)20-3)19(2)9-10-5-4-6-11(15)7-10/h4-8H,9H2,1-3H3,(H,16,17,18). The second-order valence-corrected chi connectivity index (χ2v) is 6.02. The molecule has 1 aromatic heterocycles. The molecule has 1 N–H and O–H groups in total. The molecule has 0 unspecified atom stereocenters. The second kappa shape index (κ2) is 6.95. The van der Waals surface area contributed by atoms with Gasteiger partial charge in [0.2, 0.25) is 0 Å². The lowest BCUT2D eigenvalue weighted by Crippen LogP contribution is -2.18. The smallest absolute Gasteiger partial charge is 0.191 e. The molecule has 6 heteroatoms. The molecule has 1 heterocycles. The van der Waals surface area contributed by atoms with Gasteiger partial charge in [-0.05, 0) is 24.0 Å². The van der Waals surface area contributed by atoms with Gasteiger partial charge in [-0.2, -0.15) is 0 Å². The summed E-state index contributed by atoms with van der Waals surface area (Å²) in [5.74, 6) is 1.74. The third-order valence-electron chi connectivity index (χ3n) is 2.83. The zero-order valence-electron chi connectivity index (χ0n) is 11.7. The average Bonchev–Trinajstić information content (AvgIpc) is 2.46. The fourth-order valence-corrected chi connectivity index (χ4v) is 2.64. The van der Waals surface area contributed by atoms with Crippen LogP contribution in [0.2, 0.25) is 0 Å². The van der Waals surface area contributed by atoms with Gasteiger partial charge in [-0.25, -0.2) is 9.97 Å². The topological polar surface area (TPSA) is 41.0 Å². The Hall–Kier alpha value is -1.27. The summed E-state index contributed by atoms with van der Waals surface area (Å²) in [7, 11) is 3.90. The highest BCUT2D eigenvalue weighted by molar-refractivity contribution is 9.10. The summed E-state index contributed by atoms with van der Waals surface area (Å²) < 4.78 is 1.09. The zero-order chi connectivity index (χ0) is 14.5. The molecule has 0 atom stereocenters. The lowest BCUT2D eigenvalue weighted by atomic mass is 10.2. The lowest BCUT2D eigenvalue weighted by Gasteiger charge is -2.19. The molecule has 106 valence electrons. The van der Waals surface area contributed by atoms with Crippen LogP contribution in [0.1, 0.15) is 5.56 Å². The van der Waals surface area contributed by atoms with Crippen LogP contribution in [0, 0.1) is 0 Å². The fraction of sp³-hybridized carbons (Fsp3) is 0.286. The Morgan fingerprint density at radius 3 is 2.75 bits per heavy atom. The molecule has 0 fully saturated rings. The molecule has 0 aliphatic heterocycles. The maximum absolute atomic E-state index is 4.54. The van der Waals surface area contributed by atoms with E-state index in [0.717, 1.165) is 27.8 Å². The molecule has 0 aliphatic carbocycles. The molecule has 0 aliphatic rings. The van der Waals surface area contributed by atoms with Crippen molar-refractivity contribution < 1.29 is 0 Å². The Morgan fingerprint density at radius 2 is 2.10 bits per heavy atom. The molecule has 0 spiro atoms. The van der Waals surface area contributed by atoms with Gasteiger partial charge in [0.15, 0.2) is 5.16 Å². The third kappa shape index (κ3) is 3.86. The SMILES string of the molecule is CNc1cc(N(C)Cc2cccc(Br)c2)nc(SC)n1. The second-order valence-electron chi connectivity index (χ2n) is 4.33. The predicted molar refractivity (Wildman–Crippen MR) is 89.6 cm³/mol. The molecule has 0 radical (unpaired) electrons. The Bertz CT molecular complexity index is 569. The van der Waals surface area contributed by atoms with Gasteiger partial charge >= 0.3 is 0 Å². The van der Waals surface area contributed by atoms with Gasteiger partial charge < -0.3 is 10.2 Å². The molecule has 2 aromatic rings. The fourth-order valence-electron chi connectivity index (χ4n) is 1.82. The largest absolute Gasteiger partial charge is 0.373 e. The molecule has 2 rings (SSSR count). The van der Waals surface area contributed by atoms with E-state index in [2.05, 4.69) is 48.2 Å². The van der Waals surface area contributed by atoms with Crippen molar-refractivity contribution in [3.8, 4) is 0 Å². The highest BCUT2D eigenvalue weighted by Gasteiger charge is 2.08. The number of hydrogen-bond acceptors (Lipinski definition) is 5. The van der Waals surface area contributed by atoms with E-state index in [-0.39, 0.29) is 0 Å². The van der Waals surface area contributed by atoms with Crippen LogP contribution >= 0.6 is 27.7 Å². The number of nitrogens with zero attached hydrogens (tertiary/aromatic N) is 3. The van der Waals surface area contributed by atoms with Crippen molar-refractivity contribution in [1.29, 1.82) is 0 Å². The van der Waals surface area contributed by atoms with Gasteiger partial charge in [0, 0.05) is 31.2 Å². The summed E-state index contributed by atoms with van der Waals surface area (Å²) >= 11 is 5.04. The van der Waals surface area contributed by atoms with E-state index < -0.39 is 0 Å². The van der Waals surface area contributed by atoms with Gasteiger partial charge in [0.1, 0.15) is 11.6 Å². The van der Waals surface area contributed by atoms with Gasteiger partial charge in [0.05, 0.1) is 0 Å². The van der Waals surface area contributed by atoms with Crippen molar-refractivity contribution in [3.63, 3.8) is 0 Å². The van der Waals surface area contributed by atoms with E-state index in [9.17, 15) is 0 Å². The Balaban J connectivity index is 2.22. The van der Waals surface area contributed by atoms with Crippen molar-refractivity contribution in [2.75, 3.05) is 30.6 Å². The van der Waals surface area contributed by atoms with Crippen molar-refractivity contribution in [3.05, 3.63) is 40.4 Å². The van der Waals surface area contributed by atoms with Crippen molar-refractivity contribution in [2.24, 2.45) is 0 Å². The molecule has 0 saturated carbocycles. The maximum Gasteiger partial charge on any atom is 0.191 e. The first-order valence-corrected chi connectivity index (χ1v) is 8.20. The van der Waals surface area contributed by atoms with E-state index in [0.29, 0.717) is 0 Å². The number of benzene rings is 1. The monoisotopic (exact) mass is 352 g/mol. The van der Waals surface area contributed by atoms with Crippen LogP contribution in [0.5, 0.6) is 0 Å². The predicted octanol–water partition coefficient (Wildman–Crippen LogP) is 3.64. The van der Waals surface area contributed by atoms with Crippen molar-refractivity contribution in [1.82, 2.24) is 9.97 Å². The minimum absolute atomic E-state index is 0.771. The summed E-state index contributed by atoms with van der Waals surface area (Å²) in [5, 5.41) is 3.84. The highest BCUT2D eigenvalue weighted by Crippen LogP contribution is 2.21. The van der Waals surface area contributed by atoms with Crippen LogP contribution in [0.4, 0.5) is 11.6 Å². The Labute approximate surface area is 132 Å². The molecule has 0 saturated heterocycles. The summed E-state index contributed by atoms with van der Waals surface area (Å²) in [5.41, 5.74) is 1.23. The van der Waals surface area contributed by atoms with Gasteiger partial charge in [-0.3, -0.25) is 0 Å². The quantitative estimate of drug-likeness (QED) is 0.657. The summed E-state index contributed by atoms with van der Waals surface area (Å²) in [6.07, 6.45) is 1.98. The van der Waals surface area contributed by atoms with Crippen LogP contribution in [0.3, 0.4) is 0 Å². The first-order valence-electron chi connectivity index (χ1n) is 6.19. The first kappa shape index (κ1) is 15.1. The molecule has 0 bridgehead atoms. The van der Waals surface area contributed by atoms with Gasteiger partial charge in [0.25, 0.3) is 0 Å². The zero-order valence-corrected chi connectivity index (χ0v) is 14.1. The molecular formula is C14H17BrN4S. The first-order chi connectivity index (χ1) is 9.62. The van der Waals surface area contributed by atoms with Gasteiger partial charge in [-0.15, -0.1) is 0 Å². The third-order valence-corrected chi connectivity index (χ3v) is 3.87. The number of nitrogens with one attached hydrogen (secondary N) is 1. The Morgan fingerprint density at radius 1 is 1.30 bits per heavy atom. The number of halogens is 1. The van der Waals surface area contributed by atoms with Crippen molar-refractivity contribution in [2.45, 2.75) is 11.7 Å². The summed E-state index contributed by atoms with van der Waals surface area (Å²) in [6, 6.07) is 10.2. The van der Waals surface area contributed by atoms with E-state index in [1.807, 2.05) is 38.6 Å². The van der Waals surface area contributed by atoms with Gasteiger partial charge in [-0.1, -0.05) is 39.8 Å². The average molecular weight is 353 g/mol. The molecular weight excluding hydrogens is 336 g/mol. The van der Waals surface area contributed by atoms with E-state index in [1.54, 1.807) is 11.8 Å². The minimum Gasteiger partial charge on any atom is -0.373 e. The number of aromatic nitrogens is 2. The molecule has 20 heavy (non-hydrogen) atoms. The number of hydrogen-bond donors (Lipinski definition) is 1. The highest BCUT2D eigenvalue weighted by atomic mass is 79.9. The van der Waals surface area contributed by atoms with E-state index >= 15 is 0 Å². The van der Waals surface area contributed by atoms with Crippen LogP contribution in [0.15, 0.2) is 40.0 Å². The number of anilines is 2. The molecule has 4 nitrogen and oxygen atoms in total. The normalized spacial score (nSPS) is 10.4. The summed E-state index contributed by atoms with van der Waals surface area (Å²) in [4.78, 5) is 11.0.